The van der Waals surface area contributed by atoms with Gasteiger partial charge in [0, 0.05) is 16.4 Å². The summed E-state index contributed by atoms with van der Waals surface area (Å²) in [4.78, 5) is 24.7. The monoisotopic (exact) mass is 391 g/mol. The second kappa shape index (κ2) is 7.36. The quantitative estimate of drug-likeness (QED) is 0.734. The number of allylic oxidation sites excluding steroid dienone is 1. The number of benzene rings is 2. The van der Waals surface area contributed by atoms with E-state index < -0.39 is 35.2 Å². The van der Waals surface area contributed by atoms with Gasteiger partial charge in [-0.15, -0.1) is 0 Å². The number of hydrogen-bond donors (Lipinski definition) is 3. The summed E-state index contributed by atoms with van der Waals surface area (Å²) in [5.41, 5.74) is 1.04. The molecule has 0 spiro atoms. The van der Waals surface area contributed by atoms with Gasteiger partial charge in [0.25, 0.3) is 5.91 Å². The highest BCUT2D eigenvalue weighted by Crippen LogP contribution is 2.31. The second-order valence-corrected chi connectivity index (χ2v) is 6.53. The largest absolute Gasteiger partial charge is 0.326 e. The average Bonchev–Trinajstić information content (AvgIpc) is 2.57. The van der Waals surface area contributed by atoms with Crippen molar-refractivity contribution in [3.8, 4) is 0 Å². The van der Waals surface area contributed by atoms with E-state index in [-0.39, 0.29) is 11.3 Å². The van der Waals surface area contributed by atoms with E-state index in [2.05, 4.69) is 16.0 Å². The number of halogens is 3. The maximum atomic E-state index is 14.3. The van der Waals surface area contributed by atoms with Gasteiger partial charge in [-0.05, 0) is 43.7 Å². The molecule has 140 valence electrons. The molecule has 0 aromatic heterocycles. The number of nitrogens with one attached hydrogen (secondary N) is 3. The van der Waals surface area contributed by atoms with Crippen LogP contribution in [-0.2, 0) is 4.79 Å². The lowest BCUT2D eigenvalue weighted by molar-refractivity contribution is -0.113. The van der Waals surface area contributed by atoms with E-state index in [0.717, 1.165) is 17.7 Å². The summed E-state index contributed by atoms with van der Waals surface area (Å²) in [6.07, 6.45) is 0. The molecule has 1 heterocycles. The predicted molar refractivity (Wildman–Crippen MR) is 98.3 cm³/mol. The van der Waals surface area contributed by atoms with Crippen molar-refractivity contribution >= 4 is 29.2 Å². The van der Waals surface area contributed by atoms with Crippen LogP contribution in [-0.4, -0.2) is 11.9 Å². The van der Waals surface area contributed by atoms with Gasteiger partial charge < -0.3 is 16.0 Å². The van der Waals surface area contributed by atoms with Gasteiger partial charge in [0.2, 0.25) is 0 Å². The number of rotatable bonds is 3. The molecule has 1 atom stereocenters. The minimum Gasteiger partial charge on any atom is -0.326 e. The molecular weight excluding hydrogens is 376 g/mol. The summed E-state index contributed by atoms with van der Waals surface area (Å²) in [5, 5.41) is 7.97. The Labute approximate surface area is 159 Å². The number of amides is 3. The van der Waals surface area contributed by atoms with E-state index >= 15 is 0 Å². The van der Waals surface area contributed by atoms with Gasteiger partial charge in [-0.25, -0.2) is 13.6 Å². The molecule has 3 N–H and O–H groups in total. The first-order valence-corrected chi connectivity index (χ1v) is 8.45. The lowest BCUT2D eigenvalue weighted by Gasteiger charge is -2.29. The second-order valence-electron chi connectivity index (χ2n) is 6.12. The molecule has 8 heteroatoms. The number of anilines is 1. The van der Waals surface area contributed by atoms with Gasteiger partial charge in [-0.1, -0.05) is 23.7 Å². The lowest BCUT2D eigenvalue weighted by atomic mass is 9.94. The van der Waals surface area contributed by atoms with Crippen molar-refractivity contribution in [2.45, 2.75) is 19.9 Å². The normalized spacial score (nSPS) is 16.6. The Morgan fingerprint density at radius 1 is 1.15 bits per heavy atom. The predicted octanol–water partition coefficient (Wildman–Crippen LogP) is 4.19. The third-order valence-electron chi connectivity index (χ3n) is 4.23. The number of hydrogen-bond acceptors (Lipinski definition) is 2. The maximum absolute atomic E-state index is 14.3. The zero-order valence-electron chi connectivity index (χ0n) is 14.5. The van der Waals surface area contributed by atoms with Crippen LogP contribution in [0, 0.1) is 18.6 Å². The summed E-state index contributed by atoms with van der Waals surface area (Å²) >= 11 is 6.07. The van der Waals surface area contributed by atoms with E-state index in [9.17, 15) is 18.4 Å². The molecule has 0 saturated heterocycles. The molecule has 3 rings (SSSR count). The Morgan fingerprint density at radius 2 is 1.81 bits per heavy atom. The van der Waals surface area contributed by atoms with Crippen molar-refractivity contribution in [1.82, 2.24) is 10.6 Å². The first-order chi connectivity index (χ1) is 12.8. The van der Waals surface area contributed by atoms with Crippen LogP contribution in [0.15, 0.2) is 47.7 Å². The SMILES string of the molecule is CC1=C(C(=O)Nc2ccc(C)c(Cl)c2)[C@@H](c2c(F)cccc2F)NC(=O)N1. The zero-order chi connectivity index (χ0) is 19.7. The minimum absolute atomic E-state index is 0.00435. The summed E-state index contributed by atoms with van der Waals surface area (Å²) < 4.78 is 28.5. The fraction of sp³-hybridized carbons (Fsp3) is 0.158. The standard InChI is InChI=1S/C19H16ClF2N3O2/c1-9-6-7-11(8-12(9)20)24-18(26)15-10(2)23-19(27)25-17(15)16-13(21)4-3-5-14(16)22/h3-8,17H,1-2H3,(H,24,26)(H2,23,25,27)/t17-/m0/s1. The van der Waals surface area contributed by atoms with E-state index in [1.165, 1.54) is 13.0 Å². The van der Waals surface area contributed by atoms with Gasteiger partial charge >= 0.3 is 6.03 Å². The van der Waals surface area contributed by atoms with Crippen LogP contribution in [0.2, 0.25) is 5.02 Å². The highest BCUT2D eigenvalue weighted by molar-refractivity contribution is 6.31. The van der Waals surface area contributed by atoms with Crippen molar-refractivity contribution < 1.29 is 18.4 Å². The average molecular weight is 392 g/mol. The maximum Gasteiger partial charge on any atom is 0.319 e. The van der Waals surface area contributed by atoms with Crippen LogP contribution in [0.3, 0.4) is 0 Å². The molecule has 2 aromatic carbocycles. The number of aryl methyl sites for hydroxylation is 1. The fourth-order valence-corrected chi connectivity index (χ4v) is 3.05. The van der Waals surface area contributed by atoms with Crippen molar-refractivity contribution in [3.05, 3.63) is 75.5 Å². The van der Waals surface area contributed by atoms with Gasteiger partial charge in [0.15, 0.2) is 0 Å². The van der Waals surface area contributed by atoms with Gasteiger partial charge in [-0.3, -0.25) is 4.79 Å². The summed E-state index contributed by atoms with van der Waals surface area (Å²) in [7, 11) is 0. The molecule has 3 amide bonds. The number of urea groups is 1. The first kappa shape index (κ1) is 18.8. The third kappa shape index (κ3) is 3.78. The molecule has 0 saturated carbocycles. The van der Waals surface area contributed by atoms with E-state index in [1.807, 2.05) is 6.92 Å². The molecule has 0 bridgehead atoms. The fourth-order valence-electron chi connectivity index (χ4n) is 2.87. The highest BCUT2D eigenvalue weighted by Gasteiger charge is 2.34. The van der Waals surface area contributed by atoms with Crippen LogP contribution in [0.25, 0.3) is 0 Å². The summed E-state index contributed by atoms with van der Waals surface area (Å²) in [5.74, 6) is -2.34. The number of carbonyl (C=O) groups is 2. The van der Waals surface area contributed by atoms with Gasteiger partial charge in [0.1, 0.15) is 11.6 Å². The molecule has 27 heavy (non-hydrogen) atoms. The van der Waals surface area contributed by atoms with Crippen LogP contribution in [0.1, 0.15) is 24.1 Å². The Bertz CT molecular complexity index is 955. The first-order valence-electron chi connectivity index (χ1n) is 8.07. The van der Waals surface area contributed by atoms with Gasteiger partial charge in [0.05, 0.1) is 17.2 Å². The van der Waals surface area contributed by atoms with Crippen LogP contribution in [0.4, 0.5) is 19.3 Å². The van der Waals surface area contributed by atoms with Crippen molar-refractivity contribution in [3.63, 3.8) is 0 Å². The molecule has 1 aliphatic heterocycles. The number of carbonyl (C=O) groups excluding carboxylic acids is 2. The summed E-state index contributed by atoms with van der Waals surface area (Å²) in [6.45, 7) is 3.31. The Hall–Kier alpha value is -2.93. The minimum atomic E-state index is -1.28. The Morgan fingerprint density at radius 3 is 2.44 bits per heavy atom. The van der Waals surface area contributed by atoms with E-state index in [0.29, 0.717) is 10.7 Å². The van der Waals surface area contributed by atoms with Crippen molar-refractivity contribution in [1.29, 1.82) is 0 Å². The van der Waals surface area contributed by atoms with E-state index in [4.69, 9.17) is 11.6 Å². The molecule has 0 aliphatic carbocycles. The highest BCUT2D eigenvalue weighted by atomic mass is 35.5. The zero-order valence-corrected chi connectivity index (χ0v) is 15.2. The van der Waals surface area contributed by atoms with Crippen LogP contribution >= 0.6 is 11.6 Å². The molecule has 5 nitrogen and oxygen atoms in total. The van der Waals surface area contributed by atoms with Crippen molar-refractivity contribution in [2.24, 2.45) is 0 Å². The summed E-state index contributed by atoms with van der Waals surface area (Å²) in [6, 6.07) is 6.36. The van der Waals surface area contributed by atoms with E-state index in [1.54, 1.807) is 18.2 Å². The molecular formula is C19H16ClF2N3O2. The Kier molecular flexibility index (Phi) is 5.14. The molecule has 0 radical (unpaired) electrons. The van der Waals surface area contributed by atoms with Crippen LogP contribution in [0.5, 0.6) is 0 Å². The third-order valence-corrected chi connectivity index (χ3v) is 4.64. The molecule has 2 aromatic rings. The molecule has 0 fully saturated rings. The topological polar surface area (TPSA) is 70.2 Å². The van der Waals surface area contributed by atoms with Crippen molar-refractivity contribution in [2.75, 3.05) is 5.32 Å². The Balaban J connectivity index is 2.01. The molecule has 0 unspecified atom stereocenters. The molecule has 1 aliphatic rings. The smallest absolute Gasteiger partial charge is 0.319 e. The van der Waals surface area contributed by atoms with Crippen LogP contribution < -0.4 is 16.0 Å². The lowest BCUT2D eigenvalue weighted by Crippen LogP contribution is -2.46. The van der Waals surface area contributed by atoms with Gasteiger partial charge in [-0.2, -0.15) is 0 Å².